The molecule has 1 atom stereocenters. The number of oxime groups is 1. The third kappa shape index (κ3) is 2.33. The number of benzene rings is 1. The van der Waals surface area contributed by atoms with Crippen molar-refractivity contribution < 1.29 is 10.0 Å². The minimum Gasteiger partial charge on any atom is -0.409 e. The number of amides is 1. The first-order valence-corrected chi connectivity index (χ1v) is 6.47. The van der Waals surface area contributed by atoms with E-state index in [9.17, 15) is 4.79 Å². The van der Waals surface area contributed by atoms with Crippen molar-refractivity contribution >= 4 is 27.7 Å². The first-order valence-electron chi connectivity index (χ1n) is 5.68. The molecule has 0 saturated carbocycles. The van der Waals surface area contributed by atoms with Gasteiger partial charge in [-0.1, -0.05) is 17.3 Å². The van der Waals surface area contributed by atoms with Crippen molar-refractivity contribution in [3.63, 3.8) is 0 Å². The Morgan fingerprint density at radius 2 is 2.22 bits per heavy atom. The summed E-state index contributed by atoms with van der Waals surface area (Å²) in [5.74, 6) is -0.00974. The number of carbonyl (C=O) groups excluding carboxylic acids is 1. The lowest BCUT2D eigenvalue weighted by Gasteiger charge is -2.24. The maximum atomic E-state index is 12.4. The molecule has 1 aliphatic rings. The van der Waals surface area contributed by atoms with Crippen LogP contribution in [0, 0.1) is 0 Å². The van der Waals surface area contributed by atoms with Gasteiger partial charge in [0.15, 0.2) is 5.84 Å². The third-order valence-corrected chi connectivity index (χ3v) is 3.77. The van der Waals surface area contributed by atoms with Crippen molar-refractivity contribution in [1.29, 1.82) is 0 Å². The van der Waals surface area contributed by atoms with E-state index >= 15 is 0 Å². The molecule has 1 fully saturated rings. The fourth-order valence-electron chi connectivity index (χ4n) is 2.17. The summed E-state index contributed by atoms with van der Waals surface area (Å²) in [6, 6.07) is 6.93. The number of rotatable bonds is 2. The van der Waals surface area contributed by atoms with Crippen molar-refractivity contribution in [2.75, 3.05) is 6.54 Å². The molecule has 3 N–H and O–H groups in total. The highest BCUT2D eigenvalue weighted by Gasteiger charge is 2.32. The zero-order valence-electron chi connectivity index (χ0n) is 9.71. The smallest absolute Gasteiger partial charge is 0.255 e. The van der Waals surface area contributed by atoms with Crippen LogP contribution in [-0.2, 0) is 0 Å². The summed E-state index contributed by atoms with van der Waals surface area (Å²) in [5, 5.41) is 11.7. The molecule has 0 radical (unpaired) electrons. The van der Waals surface area contributed by atoms with Crippen LogP contribution >= 0.6 is 15.9 Å². The Hall–Kier alpha value is -1.56. The summed E-state index contributed by atoms with van der Waals surface area (Å²) in [4.78, 5) is 14.1. The Morgan fingerprint density at radius 1 is 1.50 bits per heavy atom. The summed E-state index contributed by atoms with van der Waals surface area (Å²) in [7, 11) is 0. The first kappa shape index (κ1) is 12.9. The molecule has 96 valence electrons. The van der Waals surface area contributed by atoms with E-state index in [0.717, 1.165) is 17.3 Å². The Labute approximate surface area is 113 Å². The van der Waals surface area contributed by atoms with Crippen molar-refractivity contribution in [3.8, 4) is 0 Å². The van der Waals surface area contributed by atoms with Gasteiger partial charge >= 0.3 is 0 Å². The van der Waals surface area contributed by atoms with Crippen LogP contribution in [-0.4, -0.2) is 34.4 Å². The molecule has 1 heterocycles. The van der Waals surface area contributed by atoms with Gasteiger partial charge in [-0.25, -0.2) is 0 Å². The summed E-state index contributed by atoms with van der Waals surface area (Å²) >= 11 is 3.36. The Balaban J connectivity index is 2.26. The Kier molecular flexibility index (Phi) is 3.86. The average molecular weight is 312 g/mol. The SMILES string of the molecule is NC(=NO)C1CCCN1C(=O)c1ccccc1Br. The molecule has 6 heteroatoms. The predicted molar refractivity (Wildman–Crippen MR) is 71.6 cm³/mol. The van der Waals surface area contributed by atoms with Crippen LogP contribution in [0.15, 0.2) is 33.9 Å². The minimum absolute atomic E-state index is 0.0907. The molecule has 1 unspecified atom stereocenters. The van der Waals surface area contributed by atoms with E-state index in [-0.39, 0.29) is 17.8 Å². The monoisotopic (exact) mass is 311 g/mol. The molecule has 0 spiro atoms. The molecule has 1 amide bonds. The number of nitrogens with zero attached hydrogens (tertiary/aromatic N) is 2. The highest BCUT2D eigenvalue weighted by molar-refractivity contribution is 9.10. The Morgan fingerprint density at radius 3 is 2.89 bits per heavy atom. The molecule has 0 aromatic heterocycles. The van der Waals surface area contributed by atoms with Crippen LogP contribution in [0.1, 0.15) is 23.2 Å². The molecule has 1 aromatic rings. The fraction of sp³-hybridized carbons (Fsp3) is 0.333. The van der Waals surface area contributed by atoms with Crippen molar-refractivity contribution in [3.05, 3.63) is 34.3 Å². The lowest BCUT2D eigenvalue weighted by molar-refractivity contribution is 0.0767. The van der Waals surface area contributed by atoms with Gasteiger partial charge in [0.25, 0.3) is 5.91 Å². The molecule has 5 nitrogen and oxygen atoms in total. The number of halogens is 1. The standard InChI is InChI=1S/C12H14BrN3O2/c13-9-5-2-1-4-8(9)12(17)16-7-3-6-10(16)11(14)15-18/h1-2,4-5,10,18H,3,6-7H2,(H2,14,15). The van der Waals surface area contributed by atoms with Gasteiger partial charge in [0.05, 0.1) is 11.6 Å². The normalized spacial score (nSPS) is 20.2. The van der Waals surface area contributed by atoms with E-state index in [1.54, 1.807) is 11.0 Å². The summed E-state index contributed by atoms with van der Waals surface area (Å²) in [6.07, 6.45) is 1.59. The number of nitrogens with two attached hydrogens (primary N) is 1. The number of amidine groups is 1. The van der Waals surface area contributed by atoms with Crippen molar-refractivity contribution in [2.24, 2.45) is 10.9 Å². The van der Waals surface area contributed by atoms with Crippen LogP contribution in [0.3, 0.4) is 0 Å². The van der Waals surface area contributed by atoms with Crippen molar-refractivity contribution in [2.45, 2.75) is 18.9 Å². The summed E-state index contributed by atoms with van der Waals surface area (Å²) < 4.78 is 0.750. The van der Waals surface area contributed by atoms with E-state index in [1.807, 2.05) is 18.2 Å². The minimum atomic E-state index is -0.311. The van der Waals surface area contributed by atoms with Crippen LogP contribution in [0.25, 0.3) is 0 Å². The highest BCUT2D eigenvalue weighted by Crippen LogP contribution is 2.24. The molecular weight excluding hydrogens is 298 g/mol. The van der Waals surface area contributed by atoms with Gasteiger partial charge in [0.1, 0.15) is 0 Å². The molecule has 0 bridgehead atoms. The fourth-order valence-corrected chi connectivity index (χ4v) is 2.63. The topological polar surface area (TPSA) is 78.9 Å². The van der Waals surface area contributed by atoms with E-state index in [0.29, 0.717) is 12.1 Å². The van der Waals surface area contributed by atoms with E-state index in [4.69, 9.17) is 10.9 Å². The molecule has 1 saturated heterocycles. The van der Waals surface area contributed by atoms with Gasteiger partial charge < -0.3 is 15.8 Å². The first-order chi connectivity index (χ1) is 8.65. The van der Waals surface area contributed by atoms with E-state index in [1.165, 1.54) is 0 Å². The van der Waals surface area contributed by atoms with E-state index in [2.05, 4.69) is 21.1 Å². The predicted octanol–water partition coefficient (Wildman–Crippen LogP) is 1.80. The van der Waals surface area contributed by atoms with Gasteiger partial charge in [-0.05, 0) is 40.9 Å². The van der Waals surface area contributed by atoms with Crippen LogP contribution < -0.4 is 5.73 Å². The summed E-state index contributed by atoms with van der Waals surface area (Å²) in [5.41, 5.74) is 6.21. The lowest BCUT2D eigenvalue weighted by atomic mass is 10.1. The van der Waals surface area contributed by atoms with Crippen LogP contribution in [0.4, 0.5) is 0 Å². The van der Waals surface area contributed by atoms with Gasteiger partial charge in [-0.3, -0.25) is 4.79 Å². The largest absolute Gasteiger partial charge is 0.409 e. The second-order valence-corrected chi connectivity index (χ2v) is 5.02. The molecule has 2 rings (SSSR count). The zero-order chi connectivity index (χ0) is 13.1. The van der Waals surface area contributed by atoms with Gasteiger partial charge in [-0.15, -0.1) is 0 Å². The van der Waals surface area contributed by atoms with Gasteiger partial charge in [0.2, 0.25) is 0 Å². The van der Waals surface area contributed by atoms with Gasteiger partial charge in [-0.2, -0.15) is 0 Å². The molecule has 18 heavy (non-hydrogen) atoms. The lowest BCUT2D eigenvalue weighted by Crippen LogP contribution is -2.44. The average Bonchev–Trinajstić information content (AvgIpc) is 2.86. The summed E-state index contributed by atoms with van der Waals surface area (Å²) in [6.45, 7) is 0.626. The second kappa shape index (κ2) is 5.39. The number of likely N-dealkylation sites (tertiary alicyclic amines) is 1. The number of hydrogen-bond acceptors (Lipinski definition) is 3. The maximum Gasteiger partial charge on any atom is 0.255 e. The van der Waals surface area contributed by atoms with Crippen molar-refractivity contribution in [1.82, 2.24) is 4.90 Å². The molecule has 1 aromatic carbocycles. The maximum absolute atomic E-state index is 12.4. The third-order valence-electron chi connectivity index (χ3n) is 3.07. The quantitative estimate of drug-likeness (QED) is 0.378. The highest BCUT2D eigenvalue weighted by atomic mass is 79.9. The van der Waals surface area contributed by atoms with Crippen LogP contribution in [0.5, 0.6) is 0 Å². The van der Waals surface area contributed by atoms with Crippen LogP contribution in [0.2, 0.25) is 0 Å². The zero-order valence-corrected chi connectivity index (χ0v) is 11.3. The molecular formula is C12H14BrN3O2. The molecule has 1 aliphatic heterocycles. The second-order valence-electron chi connectivity index (χ2n) is 4.16. The Bertz CT molecular complexity index is 490. The number of hydrogen-bond donors (Lipinski definition) is 2. The van der Waals surface area contributed by atoms with Gasteiger partial charge in [0, 0.05) is 11.0 Å². The molecule has 0 aliphatic carbocycles. The number of carbonyl (C=O) groups is 1. The van der Waals surface area contributed by atoms with E-state index < -0.39 is 0 Å².